The van der Waals surface area contributed by atoms with Crippen LogP contribution < -0.4 is 9.47 Å². The first-order valence-corrected chi connectivity index (χ1v) is 15.7. The van der Waals surface area contributed by atoms with Crippen LogP contribution >= 0.6 is 11.6 Å². The van der Waals surface area contributed by atoms with Gasteiger partial charge in [-0.3, -0.25) is 19.5 Å². The van der Waals surface area contributed by atoms with Gasteiger partial charge in [-0.05, 0) is 79.3 Å². The molecule has 0 radical (unpaired) electrons. The van der Waals surface area contributed by atoms with Crippen molar-refractivity contribution >= 4 is 23.5 Å². The highest BCUT2D eigenvalue weighted by molar-refractivity contribution is 6.32. The number of pyridine rings is 1. The third kappa shape index (κ3) is 7.57. The molecular weight excluding hydrogens is 616 g/mol. The summed E-state index contributed by atoms with van der Waals surface area (Å²) in [6, 6.07) is 18.5. The summed E-state index contributed by atoms with van der Waals surface area (Å²) in [7, 11) is 3.49. The lowest BCUT2D eigenvalue weighted by molar-refractivity contribution is -0.142. The van der Waals surface area contributed by atoms with Gasteiger partial charge in [0, 0.05) is 55.8 Å². The number of nitriles is 1. The monoisotopic (exact) mass is 652 g/mol. The third-order valence-corrected chi connectivity index (χ3v) is 8.84. The molecule has 0 bridgehead atoms. The van der Waals surface area contributed by atoms with E-state index in [4.69, 9.17) is 21.1 Å². The minimum atomic E-state index is -0.848. The van der Waals surface area contributed by atoms with Crippen LogP contribution in [0.5, 0.6) is 11.5 Å². The molecule has 0 unspecified atom stereocenters. The second-order valence-electron chi connectivity index (χ2n) is 11.9. The molecule has 5 rings (SSSR count). The maximum absolute atomic E-state index is 12.8. The number of carboxylic acid groups (broad SMARTS) is 1. The van der Waals surface area contributed by atoms with Crippen molar-refractivity contribution in [1.29, 1.82) is 5.26 Å². The van der Waals surface area contributed by atoms with Gasteiger partial charge in [0.2, 0.25) is 0 Å². The largest absolute Gasteiger partial charge is 0.488 e. The van der Waals surface area contributed by atoms with Gasteiger partial charge in [-0.15, -0.1) is 0 Å². The number of hydrogen-bond acceptors (Lipinski definition) is 7. The molecule has 1 aliphatic rings. The fourth-order valence-electron chi connectivity index (χ4n) is 5.93. The number of hydrogen-bond donors (Lipinski definition) is 1. The summed E-state index contributed by atoms with van der Waals surface area (Å²) in [5.41, 5.74) is 7.41. The fourth-order valence-corrected chi connectivity index (χ4v) is 6.18. The van der Waals surface area contributed by atoms with Crippen LogP contribution in [-0.4, -0.2) is 58.4 Å². The molecule has 242 valence electrons. The lowest BCUT2D eigenvalue weighted by Gasteiger charge is -2.23. The first-order chi connectivity index (χ1) is 22.6. The van der Waals surface area contributed by atoms with E-state index < -0.39 is 12.0 Å². The zero-order valence-corrected chi connectivity index (χ0v) is 27.7. The minimum Gasteiger partial charge on any atom is -0.488 e. The Morgan fingerprint density at radius 3 is 2.45 bits per heavy atom. The topological polar surface area (TPSA) is 116 Å². The summed E-state index contributed by atoms with van der Waals surface area (Å²) in [5.74, 6) is 0.0328. The van der Waals surface area contributed by atoms with Crippen molar-refractivity contribution in [2.24, 2.45) is 0 Å². The molecule has 0 spiro atoms. The number of benzene rings is 3. The van der Waals surface area contributed by atoms with Gasteiger partial charge in [0.15, 0.2) is 0 Å². The van der Waals surface area contributed by atoms with E-state index in [1.165, 1.54) is 6.20 Å². The molecule has 0 aliphatic carbocycles. The second-order valence-corrected chi connectivity index (χ2v) is 12.3. The van der Waals surface area contributed by atoms with Crippen molar-refractivity contribution in [3.8, 4) is 28.7 Å². The smallest absolute Gasteiger partial charge is 0.320 e. The number of halogens is 1. The molecular formula is C37H37ClN4O5. The fraction of sp³-hybridized carbons (Fsp3) is 0.297. The Kier molecular flexibility index (Phi) is 10.4. The summed E-state index contributed by atoms with van der Waals surface area (Å²) in [4.78, 5) is 32.3. The summed E-state index contributed by atoms with van der Waals surface area (Å²) < 4.78 is 12.5. The van der Waals surface area contributed by atoms with E-state index in [-0.39, 0.29) is 19.1 Å². The molecule has 1 N–H and O–H groups in total. The second kappa shape index (κ2) is 14.7. The molecule has 4 aromatic rings. The Morgan fingerprint density at radius 1 is 1.00 bits per heavy atom. The van der Waals surface area contributed by atoms with Crippen LogP contribution in [0.3, 0.4) is 0 Å². The van der Waals surface area contributed by atoms with Crippen molar-refractivity contribution in [1.82, 2.24) is 14.8 Å². The Labute approximate surface area is 279 Å². The van der Waals surface area contributed by atoms with Crippen LogP contribution in [0.4, 0.5) is 0 Å². The molecule has 3 aromatic carbocycles. The Morgan fingerprint density at radius 2 is 1.72 bits per heavy atom. The molecule has 1 atom stereocenters. The van der Waals surface area contributed by atoms with Gasteiger partial charge in [0.25, 0.3) is 5.91 Å². The maximum atomic E-state index is 12.8. The van der Waals surface area contributed by atoms with E-state index in [1.807, 2.05) is 55.1 Å². The van der Waals surface area contributed by atoms with E-state index >= 15 is 0 Å². The number of carbonyl (C=O) groups is 2. The van der Waals surface area contributed by atoms with Crippen LogP contribution in [0.25, 0.3) is 11.1 Å². The first kappa shape index (κ1) is 33.5. The number of aliphatic carboxylic acids is 1. The van der Waals surface area contributed by atoms with Crippen molar-refractivity contribution in [3.63, 3.8) is 0 Å². The lowest BCUT2D eigenvalue weighted by atomic mass is 9.91. The van der Waals surface area contributed by atoms with Gasteiger partial charge in [0.1, 0.15) is 36.8 Å². The highest BCUT2D eigenvalue weighted by Gasteiger charge is 2.31. The van der Waals surface area contributed by atoms with E-state index in [1.54, 1.807) is 43.4 Å². The zero-order chi connectivity index (χ0) is 33.7. The highest BCUT2D eigenvalue weighted by Crippen LogP contribution is 2.37. The molecule has 47 heavy (non-hydrogen) atoms. The molecule has 1 aliphatic heterocycles. The van der Waals surface area contributed by atoms with E-state index in [9.17, 15) is 20.0 Å². The van der Waals surface area contributed by atoms with E-state index in [0.29, 0.717) is 47.2 Å². The number of likely N-dealkylation sites (tertiary alicyclic amines) is 1. The number of ether oxygens (including phenoxy) is 2. The van der Waals surface area contributed by atoms with Crippen LogP contribution in [-0.2, 0) is 24.6 Å². The first-order valence-electron chi connectivity index (χ1n) is 15.4. The minimum absolute atomic E-state index is 0.0464. The number of rotatable bonds is 11. The Hall–Kier alpha value is -4.91. The van der Waals surface area contributed by atoms with E-state index in [0.717, 1.165) is 45.4 Å². The normalized spacial score (nSPS) is 14.4. The van der Waals surface area contributed by atoms with Crippen molar-refractivity contribution in [3.05, 3.63) is 111 Å². The SMILES string of the molecule is Cc1c(COc2cc(OCc3cncc(C#N)c3)c(CN3CCC[C@H]3C(=O)O)cc2Cl)cccc1-c1cccc(C(=O)N(C)C)c1C. The van der Waals surface area contributed by atoms with Crippen molar-refractivity contribution in [2.45, 2.75) is 52.5 Å². The Bertz CT molecular complexity index is 1850. The third-order valence-electron chi connectivity index (χ3n) is 8.55. The molecule has 1 aromatic heterocycles. The van der Waals surface area contributed by atoms with Gasteiger partial charge < -0.3 is 19.5 Å². The maximum Gasteiger partial charge on any atom is 0.320 e. The van der Waals surface area contributed by atoms with Gasteiger partial charge >= 0.3 is 5.97 Å². The molecule has 10 heteroatoms. The lowest BCUT2D eigenvalue weighted by Crippen LogP contribution is -2.35. The molecule has 2 heterocycles. The summed E-state index contributed by atoms with van der Waals surface area (Å²) in [6.45, 7) is 5.38. The van der Waals surface area contributed by atoms with Crippen LogP contribution in [0.15, 0.2) is 67.0 Å². The van der Waals surface area contributed by atoms with Crippen molar-refractivity contribution in [2.75, 3.05) is 20.6 Å². The molecule has 1 saturated heterocycles. The average Bonchev–Trinajstić information content (AvgIpc) is 3.53. The van der Waals surface area contributed by atoms with Gasteiger partial charge in [-0.1, -0.05) is 41.9 Å². The summed E-state index contributed by atoms with van der Waals surface area (Å²) in [5, 5.41) is 19.4. The quantitative estimate of drug-likeness (QED) is 0.188. The number of nitrogens with zero attached hydrogens (tertiary/aromatic N) is 4. The van der Waals surface area contributed by atoms with Gasteiger partial charge in [-0.25, -0.2) is 0 Å². The average molecular weight is 653 g/mol. The predicted octanol–water partition coefficient (Wildman–Crippen LogP) is 6.80. The summed E-state index contributed by atoms with van der Waals surface area (Å²) >= 11 is 6.77. The highest BCUT2D eigenvalue weighted by atomic mass is 35.5. The molecule has 1 fully saturated rings. The molecule has 9 nitrogen and oxygen atoms in total. The Balaban J connectivity index is 1.42. The standard InChI is InChI=1S/C37H37ClN4O5/c1-23-27(8-5-9-29(23)30-10-6-11-31(24(30)2)36(43)41(3)4)22-47-35-16-34(46-21-26-14-25(17-39)18-40-19-26)28(15-32(35)38)20-42-13-7-12-33(42)37(44)45/h5-6,8-11,14-16,18-19,33H,7,12-13,20-22H2,1-4H3,(H,44,45)/t33-/m0/s1. The summed E-state index contributed by atoms with van der Waals surface area (Å²) in [6.07, 6.45) is 4.50. The van der Waals surface area contributed by atoms with Gasteiger partial charge in [-0.2, -0.15) is 5.26 Å². The number of carbonyl (C=O) groups excluding carboxylic acids is 1. The van der Waals surface area contributed by atoms with E-state index in [2.05, 4.69) is 11.1 Å². The number of carboxylic acids is 1. The number of amides is 1. The van der Waals surface area contributed by atoms with Gasteiger partial charge in [0.05, 0.1) is 10.6 Å². The van der Waals surface area contributed by atoms with Crippen molar-refractivity contribution < 1.29 is 24.2 Å². The van der Waals surface area contributed by atoms with Crippen LogP contribution in [0.2, 0.25) is 5.02 Å². The zero-order valence-electron chi connectivity index (χ0n) is 26.9. The molecule has 0 saturated carbocycles. The molecule has 1 amide bonds. The number of aromatic nitrogens is 1. The van der Waals surface area contributed by atoms with Crippen LogP contribution in [0.1, 0.15) is 56.6 Å². The predicted molar refractivity (Wildman–Crippen MR) is 180 cm³/mol. The van der Waals surface area contributed by atoms with Crippen LogP contribution in [0, 0.1) is 25.2 Å².